The number of nitrogen functional groups attached to an aromatic ring is 1. The van der Waals surface area contributed by atoms with E-state index in [1.165, 1.54) is 18.4 Å². The van der Waals surface area contributed by atoms with Gasteiger partial charge in [-0.05, 0) is 66.6 Å². The standard InChI is InChI=1S/C19H22N2O2S/c1-24(22,23)21-17-10-7-14(8-11-17)16-9-12-19(20)18(13-16)15-5-3-2-4-6-15/h5,7-13,21H,2-4,6,20H2,1H3. The van der Waals surface area contributed by atoms with E-state index < -0.39 is 10.0 Å². The highest BCUT2D eigenvalue weighted by Gasteiger charge is 2.11. The lowest BCUT2D eigenvalue weighted by atomic mass is 9.90. The number of nitrogens with two attached hydrogens (primary N) is 1. The van der Waals surface area contributed by atoms with Gasteiger partial charge in [0.1, 0.15) is 0 Å². The number of rotatable bonds is 4. The summed E-state index contributed by atoms with van der Waals surface area (Å²) in [5.74, 6) is 0. The number of hydrogen-bond acceptors (Lipinski definition) is 3. The Morgan fingerprint density at radius 2 is 1.71 bits per heavy atom. The Bertz CT molecular complexity index is 869. The third-order valence-electron chi connectivity index (χ3n) is 4.21. The summed E-state index contributed by atoms with van der Waals surface area (Å²) in [7, 11) is -3.26. The molecule has 126 valence electrons. The first-order valence-electron chi connectivity index (χ1n) is 8.09. The van der Waals surface area contributed by atoms with Crippen LogP contribution in [-0.4, -0.2) is 14.7 Å². The summed E-state index contributed by atoms with van der Waals surface area (Å²) in [4.78, 5) is 0. The number of anilines is 2. The number of hydrogen-bond donors (Lipinski definition) is 2. The van der Waals surface area contributed by atoms with Crippen molar-refractivity contribution in [3.8, 4) is 11.1 Å². The predicted molar refractivity (Wildman–Crippen MR) is 101 cm³/mol. The van der Waals surface area contributed by atoms with Gasteiger partial charge in [0, 0.05) is 16.9 Å². The van der Waals surface area contributed by atoms with Crippen LogP contribution in [0.25, 0.3) is 16.7 Å². The first-order valence-corrected chi connectivity index (χ1v) is 9.99. The third kappa shape index (κ3) is 3.97. The molecule has 3 N–H and O–H groups in total. The molecule has 24 heavy (non-hydrogen) atoms. The quantitative estimate of drug-likeness (QED) is 0.815. The Labute approximate surface area is 143 Å². The van der Waals surface area contributed by atoms with Crippen LogP contribution in [0.2, 0.25) is 0 Å². The highest BCUT2D eigenvalue weighted by Crippen LogP contribution is 2.33. The molecule has 0 amide bonds. The van der Waals surface area contributed by atoms with Crippen molar-refractivity contribution < 1.29 is 8.42 Å². The fraction of sp³-hybridized carbons (Fsp3) is 0.263. The van der Waals surface area contributed by atoms with Crippen LogP contribution >= 0.6 is 0 Å². The second-order valence-corrected chi connectivity index (χ2v) is 7.98. The Balaban J connectivity index is 1.91. The zero-order valence-electron chi connectivity index (χ0n) is 13.7. The lowest BCUT2D eigenvalue weighted by Crippen LogP contribution is -2.09. The molecule has 0 spiro atoms. The van der Waals surface area contributed by atoms with Gasteiger partial charge < -0.3 is 5.73 Å². The van der Waals surface area contributed by atoms with E-state index in [1.54, 1.807) is 12.1 Å². The SMILES string of the molecule is CS(=O)(=O)Nc1ccc(-c2ccc(N)c(C3=CCCCC3)c2)cc1. The Morgan fingerprint density at radius 1 is 1.00 bits per heavy atom. The molecule has 0 saturated carbocycles. The first kappa shape index (κ1) is 16.6. The van der Waals surface area contributed by atoms with Crippen molar-refractivity contribution in [3.05, 3.63) is 54.1 Å². The van der Waals surface area contributed by atoms with Crippen LogP contribution < -0.4 is 10.5 Å². The molecule has 0 heterocycles. The van der Waals surface area contributed by atoms with Crippen molar-refractivity contribution in [3.63, 3.8) is 0 Å². The van der Waals surface area contributed by atoms with Crippen molar-refractivity contribution in [1.82, 2.24) is 0 Å². The molecule has 2 aromatic carbocycles. The van der Waals surface area contributed by atoms with Crippen molar-refractivity contribution in [2.45, 2.75) is 25.7 Å². The maximum absolute atomic E-state index is 11.3. The van der Waals surface area contributed by atoms with Crippen LogP contribution in [-0.2, 0) is 10.0 Å². The van der Waals surface area contributed by atoms with Crippen LogP contribution in [0.1, 0.15) is 31.2 Å². The van der Waals surface area contributed by atoms with Gasteiger partial charge >= 0.3 is 0 Å². The fourth-order valence-electron chi connectivity index (χ4n) is 3.04. The van der Waals surface area contributed by atoms with E-state index in [2.05, 4.69) is 16.9 Å². The van der Waals surface area contributed by atoms with Crippen molar-refractivity contribution in [2.24, 2.45) is 0 Å². The molecule has 0 aliphatic heterocycles. The summed E-state index contributed by atoms with van der Waals surface area (Å²) in [6, 6.07) is 13.4. The predicted octanol–water partition coefficient (Wildman–Crippen LogP) is 4.26. The highest BCUT2D eigenvalue weighted by molar-refractivity contribution is 7.92. The van der Waals surface area contributed by atoms with Crippen molar-refractivity contribution in [1.29, 1.82) is 0 Å². The van der Waals surface area contributed by atoms with Crippen LogP contribution in [0.4, 0.5) is 11.4 Å². The molecule has 0 fully saturated rings. The minimum absolute atomic E-state index is 0.562. The lowest BCUT2D eigenvalue weighted by molar-refractivity contribution is 0.607. The molecule has 3 rings (SSSR count). The Hall–Kier alpha value is -2.27. The molecule has 0 unspecified atom stereocenters. The van der Waals surface area contributed by atoms with E-state index in [1.807, 2.05) is 24.3 Å². The average molecular weight is 342 g/mol. The molecular weight excluding hydrogens is 320 g/mol. The smallest absolute Gasteiger partial charge is 0.229 e. The van der Waals surface area contributed by atoms with Crippen LogP contribution in [0, 0.1) is 0 Å². The minimum Gasteiger partial charge on any atom is -0.398 e. The zero-order chi connectivity index (χ0) is 17.2. The number of allylic oxidation sites excluding steroid dienone is 2. The van der Waals surface area contributed by atoms with E-state index in [9.17, 15) is 8.42 Å². The van der Waals surface area contributed by atoms with E-state index >= 15 is 0 Å². The Morgan fingerprint density at radius 3 is 2.33 bits per heavy atom. The van der Waals surface area contributed by atoms with Gasteiger partial charge in [-0.25, -0.2) is 8.42 Å². The van der Waals surface area contributed by atoms with Crippen molar-refractivity contribution >= 4 is 27.0 Å². The van der Waals surface area contributed by atoms with Crippen LogP contribution in [0.5, 0.6) is 0 Å². The monoisotopic (exact) mass is 342 g/mol. The largest absolute Gasteiger partial charge is 0.398 e. The highest BCUT2D eigenvalue weighted by atomic mass is 32.2. The molecule has 1 aliphatic carbocycles. The van der Waals surface area contributed by atoms with Gasteiger partial charge in [0.25, 0.3) is 0 Å². The maximum Gasteiger partial charge on any atom is 0.229 e. The molecule has 0 aromatic heterocycles. The second kappa shape index (κ2) is 6.69. The molecule has 5 heteroatoms. The topological polar surface area (TPSA) is 72.2 Å². The summed E-state index contributed by atoms with van der Waals surface area (Å²) in [6.45, 7) is 0. The second-order valence-electron chi connectivity index (χ2n) is 6.23. The van der Waals surface area contributed by atoms with Gasteiger partial charge in [0.15, 0.2) is 0 Å². The summed E-state index contributed by atoms with van der Waals surface area (Å²) >= 11 is 0. The van der Waals surface area contributed by atoms with Gasteiger partial charge in [-0.3, -0.25) is 4.72 Å². The third-order valence-corrected chi connectivity index (χ3v) is 4.82. The summed E-state index contributed by atoms with van der Waals surface area (Å²) in [5.41, 5.74) is 12.1. The zero-order valence-corrected chi connectivity index (χ0v) is 14.6. The lowest BCUT2D eigenvalue weighted by Gasteiger charge is -2.16. The molecule has 0 radical (unpaired) electrons. The number of sulfonamides is 1. The van der Waals surface area contributed by atoms with Crippen molar-refractivity contribution in [2.75, 3.05) is 16.7 Å². The first-order chi connectivity index (χ1) is 11.4. The van der Waals surface area contributed by atoms with E-state index in [0.717, 1.165) is 41.5 Å². The number of nitrogens with one attached hydrogen (secondary N) is 1. The van der Waals surface area contributed by atoms with Gasteiger partial charge in [-0.15, -0.1) is 0 Å². The summed E-state index contributed by atoms with van der Waals surface area (Å²) in [6.07, 6.45) is 8.08. The molecule has 2 aromatic rings. The van der Waals surface area contributed by atoms with E-state index in [4.69, 9.17) is 5.73 Å². The number of benzene rings is 2. The van der Waals surface area contributed by atoms with Gasteiger partial charge in [0.2, 0.25) is 10.0 Å². The normalized spacial score (nSPS) is 15.0. The average Bonchev–Trinajstić information content (AvgIpc) is 2.55. The summed E-state index contributed by atoms with van der Waals surface area (Å²) in [5, 5.41) is 0. The van der Waals surface area contributed by atoms with Gasteiger partial charge in [0.05, 0.1) is 6.26 Å². The van der Waals surface area contributed by atoms with Gasteiger partial charge in [-0.1, -0.05) is 24.3 Å². The molecule has 4 nitrogen and oxygen atoms in total. The summed E-state index contributed by atoms with van der Waals surface area (Å²) < 4.78 is 25.0. The molecule has 0 bridgehead atoms. The maximum atomic E-state index is 11.3. The van der Waals surface area contributed by atoms with E-state index in [0.29, 0.717) is 5.69 Å². The van der Waals surface area contributed by atoms with E-state index in [-0.39, 0.29) is 0 Å². The molecule has 0 saturated heterocycles. The molecule has 1 aliphatic rings. The molecule has 0 atom stereocenters. The van der Waals surface area contributed by atoms with Crippen LogP contribution in [0.3, 0.4) is 0 Å². The fourth-order valence-corrected chi connectivity index (χ4v) is 3.61. The minimum atomic E-state index is -3.26. The van der Waals surface area contributed by atoms with Crippen LogP contribution in [0.15, 0.2) is 48.5 Å². The Kier molecular flexibility index (Phi) is 4.62. The van der Waals surface area contributed by atoms with Gasteiger partial charge in [-0.2, -0.15) is 0 Å². The molecular formula is C19H22N2O2S.